The number of thiazole rings is 1. The second-order valence-electron chi connectivity index (χ2n) is 9.65. The molecule has 15 heteroatoms. The minimum Gasteiger partial charge on any atom is -0.453 e. The number of benzene rings is 1. The molecule has 1 amide bonds. The molecule has 0 aliphatic carbocycles. The van der Waals surface area contributed by atoms with Gasteiger partial charge in [-0.1, -0.05) is 23.5 Å². The number of piperazine rings is 1. The van der Waals surface area contributed by atoms with E-state index in [1.54, 1.807) is 25.5 Å². The normalized spacial score (nSPS) is 15.5. The quantitative estimate of drug-likeness (QED) is 0.273. The molecule has 216 valence electrons. The van der Waals surface area contributed by atoms with Crippen molar-refractivity contribution in [3.63, 3.8) is 0 Å². The summed E-state index contributed by atoms with van der Waals surface area (Å²) in [4.78, 5) is 31.1. The standard InChI is InChI=1S/C26H31N9O4S2/c1-16(31-23-20-6-4-5-19(22(20)29-15-30-23)18-7-8-21(27)28-13-18)14-34-9-11-35(12-10-34)41(37,38)24-17(2)32-25(40-24)33-26(36)39-3/h4-8,13,15-16H,9-12,14H2,1-3H3,(H2,27,28)(H,29,30,31)(H,32,33,36). The molecule has 0 saturated carbocycles. The predicted molar refractivity (Wildman–Crippen MR) is 158 cm³/mol. The number of ether oxygens (including phenoxy) is 1. The number of para-hydroxylation sites is 1. The van der Waals surface area contributed by atoms with Crippen LogP contribution >= 0.6 is 11.3 Å². The largest absolute Gasteiger partial charge is 0.453 e. The molecule has 1 atom stereocenters. The van der Waals surface area contributed by atoms with Crippen molar-refractivity contribution in [2.75, 3.05) is 56.2 Å². The van der Waals surface area contributed by atoms with Crippen LogP contribution < -0.4 is 16.4 Å². The number of anilines is 3. The molecule has 1 aliphatic heterocycles. The zero-order valence-electron chi connectivity index (χ0n) is 22.9. The molecule has 41 heavy (non-hydrogen) atoms. The molecule has 5 rings (SSSR count). The molecule has 4 heterocycles. The number of amides is 1. The van der Waals surface area contributed by atoms with Crippen molar-refractivity contribution in [2.45, 2.75) is 24.1 Å². The fraction of sp³-hybridized carbons (Fsp3) is 0.346. The predicted octanol–water partition coefficient (Wildman–Crippen LogP) is 3.02. The fourth-order valence-corrected chi connectivity index (χ4v) is 7.71. The van der Waals surface area contributed by atoms with Gasteiger partial charge in [-0.2, -0.15) is 4.31 Å². The number of pyridine rings is 1. The molecule has 1 aromatic carbocycles. The lowest BCUT2D eigenvalue weighted by atomic mass is 10.0. The number of nitrogens with two attached hydrogens (primary N) is 1. The Bertz CT molecular complexity index is 1650. The van der Waals surface area contributed by atoms with Crippen molar-refractivity contribution in [1.29, 1.82) is 0 Å². The SMILES string of the molecule is COC(=O)Nc1nc(C)c(S(=O)(=O)N2CCN(CC(C)Nc3ncnc4c(-c5ccc(N)nc5)cccc34)CC2)s1. The van der Waals surface area contributed by atoms with Gasteiger partial charge in [0.1, 0.15) is 18.0 Å². The van der Waals surface area contributed by atoms with Crippen molar-refractivity contribution in [2.24, 2.45) is 0 Å². The minimum absolute atomic E-state index is 0.0359. The molecular formula is C26H31N9O4S2. The van der Waals surface area contributed by atoms with Crippen LogP contribution in [0.2, 0.25) is 0 Å². The van der Waals surface area contributed by atoms with E-state index >= 15 is 0 Å². The molecule has 3 aromatic heterocycles. The molecule has 1 unspecified atom stereocenters. The Labute approximate surface area is 241 Å². The highest BCUT2D eigenvalue weighted by Crippen LogP contribution is 2.31. The number of aryl methyl sites for hydroxylation is 1. The van der Waals surface area contributed by atoms with Gasteiger partial charge in [0.05, 0.1) is 18.3 Å². The zero-order valence-corrected chi connectivity index (χ0v) is 24.5. The smallest absolute Gasteiger partial charge is 0.413 e. The number of hydrogen-bond acceptors (Lipinski definition) is 12. The Kier molecular flexibility index (Phi) is 8.30. The molecule has 1 aliphatic rings. The lowest BCUT2D eigenvalue weighted by Gasteiger charge is -2.35. The number of aromatic nitrogens is 4. The molecule has 4 N–H and O–H groups in total. The van der Waals surface area contributed by atoms with Crippen LogP contribution in [0, 0.1) is 6.92 Å². The highest BCUT2D eigenvalue weighted by atomic mass is 32.2. The minimum atomic E-state index is -3.74. The van der Waals surface area contributed by atoms with E-state index in [2.05, 4.69) is 47.1 Å². The third kappa shape index (κ3) is 6.22. The summed E-state index contributed by atoms with van der Waals surface area (Å²) < 4.78 is 32.8. The van der Waals surface area contributed by atoms with Crippen LogP contribution in [0.15, 0.2) is 47.1 Å². The fourth-order valence-electron chi connectivity index (χ4n) is 4.75. The van der Waals surface area contributed by atoms with Gasteiger partial charge < -0.3 is 15.8 Å². The van der Waals surface area contributed by atoms with Gasteiger partial charge in [0.15, 0.2) is 9.34 Å². The van der Waals surface area contributed by atoms with Gasteiger partial charge in [-0.3, -0.25) is 10.2 Å². The number of sulfonamides is 1. The first-order valence-corrected chi connectivity index (χ1v) is 15.2. The number of hydrogen-bond donors (Lipinski definition) is 3. The third-order valence-corrected chi connectivity index (χ3v) is 10.3. The zero-order chi connectivity index (χ0) is 29.1. The maximum absolute atomic E-state index is 13.3. The first-order valence-electron chi connectivity index (χ1n) is 12.9. The van der Waals surface area contributed by atoms with Gasteiger partial charge in [0.25, 0.3) is 10.0 Å². The van der Waals surface area contributed by atoms with Crippen molar-refractivity contribution < 1.29 is 17.9 Å². The number of carbonyl (C=O) groups is 1. The Balaban J connectivity index is 1.22. The van der Waals surface area contributed by atoms with Gasteiger partial charge in [0, 0.05) is 61.5 Å². The van der Waals surface area contributed by atoms with E-state index in [9.17, 15) is 13.2 Å². The van der Waals surface area contributed by atoms with Crippen LogP contribution in [0.1, 0.15) is 12.6 Å². The molecule has 1 saturated heterocycles. The van der Waals surface area contributed by atoms with Crippen LogP contribution in [-0.2, 0) is 14.8 Å². The summed E-state index contributed by atoms with van der Waals surface area (Å²) in [6.07, 6.45) is 2.58. The van der Waals surface area contributed by atoms with Gasteiger partial charge in [-0.05, 0) is 32.0 Å². The summed E-state index contributed by atoms with van der Waals surface area (Å²) >= 11 is 0.920. The highest BCUT2D eigenvalue weighted by molar-refractivity contribution is 7.91. The summed E-state index contributed by atoms with van der Waals surface area (Å²) in [7, 11) is -2.51. The van der Waals surface area contributed by atoms with E-state index in [0.717, 1.165) is 39.2 Å². The lowest BCUT2D eigenvalue weighted by molar-refractivity contribution is 0.184. The average molecular weight is 598 g/mol. The summed E-state index contributed by atoms with van der Waals surface area (Å²) in [5, 5.41) is 7.01. The summed E-state index contributed by atoms with van der Waals surface area (Å²) in [6.45, 7) is 6.24. The Hall–Kier alpha value is -3.92. The summed E-state index contributed by atoms with van der Waals surface area (Å²) in [6, 6.07) is 9.66. The van der Waals surface area contributed by atoms with Crippen molar-refractivity contribution in [1.82, 2.24) is 29.1 Å². The van der Waals surface area contributed by atoms with Crippen molar-refractivity contribution in [3.05, 3.63) is 48.5 Å². The third-order valence-electron chi connectivity index (χ3n) is 6.73. The molecular weight excluding hydrogens is 566 g/mol. The molecule has 0 spiro atoms. The van der Waals surface area contributed by atoms with Crippen molar-refractivity contribution >= 4 is 55.1 Å². The average Bonchev–Trinajstić information content (AvgIpc) is 3.34. The van der Waals surface area contributed by atoms with Crippen LogP contribution in [0.5, 0.6) is 0 Å². The van der Waals surface area contributed by atoms with Gasteiger partial charge in [-0.25, -0.2) is 33.1 Å². The van der Waals surface area contributed by atoms with E-state index in [0.29, 0.717) is 44.2 Å². The van der Waals surface area contributed by atoms with Gasteiger partial charge in [-0.15, -0.1) is 0 Å². The first-order chi connectivity index (χ1) is 19.7. The Morgan fingerprint density at radius 1 is 1.15 bits per heavy atom. The second-order valence-corrected chi connectivity index (χ2v) is 12.8. The molecule has 4 aromatic rings. The maximum atomic E-state index is 13.3. The number of nitrogens with zero attached hydrogens (tertiary/aromatic N) is 6. The number of rotatable bonds is 8. The van der Waals surface area contributed by atoms with Crippen LogP contribution in [0.25, 0.3) is 22.0 Å². The summed E-state index contributed by atoms with van der Waals surface area (Å²) in [5.74, 6) is 1.19. The van der Waals surface area contributed by atoms with Crippen molar-refractivity contribution in [3.8, 4) is 11.1 Å². The van der Waals surface area contributed by atoms with Gasteiger partial charge in [0.2, 0.25) is 0 Å². The molecule has 1 fully saturated rings. The summed E-state index contributed by atoms with van der Waals surface area (Å²) in [5.41, 5.74) is 8.76. The number of carbonyl (C=O) groups excluding carboxylic acids is 1. The Morgan fingerprint density at radius 3 is 2.63 bits per heavy atom. The van der Waals surface area contributed by atoms with Crippen LogP contribution in [-0.4, -0.2) is 89.5 Å². The highest BCUT2D eigenvalue weighted by Gasteiger charge is 2.32. The first kappa shape index (κ1) is 28.6. The Morgan fingerprint density at radius 2 is 1.93 bits per heavy atom. The van der Waals surface area contributed by atoms with E-state index < -0.39 is 16.1 Å². The maximum Gasteiger partial charge on any atom is 0.413 e. The number of nitrogens with one attached hydrogen (secondary N) is 2. The molecule has 0 radical (unpaired) electrons. The molecule has 13 nitrogen and oxygen atoms in total. The van der Waals surface area contributed by atoms with Gasteiger partial charge >= 0.3 is 6.09 Å². The van der Waals surface area contributed by atoms with E-state index in [4.69, 9.17) is 5.73 Å². The van der Waals surface area contributed by atoms with Crippen LogP contribution in [0.4, 0.5) is 21.6 Å². The number of methoxy groups -OCH3 is 1. The van der Waals surface area contributed by atoms with E-state index in [1.807, 2.05) is 24.3 Å². The number of nitrogen functional groups attached to an aromatic ring is 1. The lowest BCUT2D eigenvalue weighted by Crippen LogP contribution is -2.50. The topological polar surface area (TPSA) is 169 Å². The van der Waals surface area contributed by atoms with E-state index in [-0.39, 0.29) is 15.4 Å². The second kappa shape index (κ2) is 11.9. The monoisotopic (exact) mass is 597 g/mol. The van der Waals surface area contributed by atoms with E-state index in [1.165, 1.54) is 11.4 Å². The number of fused-ring (bicyclic) bond motifs is 1. The van der Waals surface area contributed by atoms with Crippen LogP contribution in [0.3, 0.4) is 0 Å². The molecule has 0 bridgehead atoms.